The summed E-state index contributed by atoms with van der Waals surface area (Å²) in [5, 5.41) is 8.78. The third-order valence-electron chi connectivity index (χ3n) is 2.81. The molecule has 5 heteroatoms. The fourth-order valence-corrected chi connectivity index (χ4v) is 1.96. The first kappa shape index (κ1) is 11.4. The molecule has 3 aromatic rings. The molecule has 5 nitrogen and oxygen atoms in total. The van der Waals surface area contributed by atoms with E-state index < -0.39 is 5.97 Å². The smallest absolute Gasteiger partial charge is 0.309 e. The van der Waals surface area contributed by atoms with Gasteiger partial charge in [0.2, 0.25) is 0 Å². The van der Waals surface area contributed by atoms with E-state index in [2.05, 4.69) is 9.97 Å². The third-order valence-corrected chi connectivity index (χ3v) is 2.81. The maximum absolute atomic E-state index is 10.7. The molecular weight excluding hydrogens is 242 g/mol. The van der Waals surface area contributed by atoms with Crippen molar-refractivity contribution in [2.24, 2.45) is 0 Å². The van der Waals surface area contributed by atoms with Crippen molar-refractivity contribution >= 4 is 11.6 Å². The minimum absolute atomic E-state index is 0.0821. The lowest BCUT2D eigenvalue weighted by Gasteiger charge is -1.99. The summed E-state index contributed by atoms with van der Waals surface area (Å²) in [4.78, 5) is 19.2. The highest BCUT2D eigenvalue weighted by Crippen LogP contribution is 2.19. The summed E-state index contributed by atoms with van der Waals surface area (Å²) in [5.74, 6) is -0.889. The standard InChI is InChI=1S/C14H11N3O2/c18-14(19)8-11-7-10(4-5-15-11)12-9-17-6-2-1-3-13(17)16-12/h1-7,9H,8H2,(H,18,19). The molecule has 0 aliphatic heterocycles. The van der Waals surface area contributed by atoms with Crippen molar-refractivity contribution in [1.82, 2.24) is 14.4 Å². The number of carboxylic acids is 1. The molecule has 0 atom stereocenters. The number of carbonyl (C=O) groups is 1. The number of rotatable bonds is 3. The third kappa shape index (κ3) is 2.30. The fourth-order valence-electron chi connectivity index (χ4n) is 1.96. The monoisotopic (exact) mass is 253 g/mol. The Kier molecular flexibility index (Phi) is 2.72. The molecule has 94 valence electrons. The van der Waals surface area contributed by atoms with E-state index in [-0.39, 0.29) is 6.42 Å². The Morgan fingerprint density at radius 1 is 1.32 bits per heavy atom. The molecule has 3 aromatic heterocycles. The summed E-state index contributed by atoms with van der Waals surface area (Å²) in [6, 6.07) is 9.36. The first-order valence-electron chi connectivity index (χ1n) is 5.83. The summed E-state index contributed by atoms with van der Waals surface area (Å²) in [7, 11) is 0. The Morgan fingerprint density at radius 2 is 2.21 bits per heavy atom. The summed E-state index contributed by atoms with van der Waals surface area (Å²) in [6.45, 7) is 0. The summed E-state index contributed by atoms with van der Waals surface area (Å²) in [5.41, 5.74) is 3.06. The van der Waals surface area contributed by atoms with Gasteiger partial charge in [-0.3, -0.25) is 9.78 Å². The molecule has 0 fully saturated rings. The number of nitrogens with zero attached hydrogens (tertiary/aromatic N) is 3. The number of aromatic nitrogens is 3. The molecule has 0 saturated carbocycles. The van der Waals surface area contributed by atoms with Gasteiger partial charge in [-0.25, -0.2) is 4.98 Å². The van der Waals surface area contributed by atoms with Crippen LogP contribution in [0.25, 0.3) is 16.9 Å². The van der Waals surface area contributed by atoms with Crippen molar-refractivity contribution in [1.29, 1.82) is 0 Å². The van der Waals surface area contributed by atoms with Crippen LogP contribution in [0.3, 0.4) is 0 Å². The van der Waals surface area contributed by atoms with Crippen molar-refractivity contribution in [3.05, 3.63) is 54.6 Å². The normalized spacial score (nSPS) is 10.7. The van der Waals surface area contributed by atoms with Gasteiger partial charge in [-0.2, -0.15) is 0 Å². The van der Waals surface area contributed by atoms with Crippen molar-refractivity contribution in [2.45, 2.75) is 6.42 Å². The molecule has 0 aliphatic rings. The average molecular weight is 253 g/mol. The summed E-state index contributed by atoms with van der Waals surface area (Å²) in [6.07, 6.45) is 5.36. The number of aliphatic carboxylic acids is 1. The molecule has 0 bridgehead atoms. The number of hydrogen-bond donors (Lipinski definition) is 1. The number of carboxylic acid groups (broad SMARTS) is 1. The number of fused-ring (bicyclic) bond motifs is 1. The molecule has 19 heavy (non-hydrogen) atoms. The molecule has 3 heterocycles. The van der Waals surface area contributed by atoms with E-state index in [9.17, 15) is 4.79 Å². The molecule has 0 spiro atoms. The number of pyridine rings is 2. The van der Waals surface area contributed by atoms with Gasteiger partial charge in [0, 0.05) is 24.2 Å². The zero-order valence-electron chi connectivity index (χ0n) is 10.0. The molecule has 0 radical (unpaired) electrons. The van der Waals surface area contributed by atoms with Gasteiger partial charge in [-0.1, -0.05) is 6.07 Å². The van der Waals surface area contributed by atoms with E-state index in [0.717, 1.165) is 16.9 Å². The van der Waals surface area contributed by atoms with Gasteiger partial charge in [0.15, 0.2) is 0 Å². The van der Waals surface area contributed by atoms with Gasteiger partial charge in [-0.15, -0.1) is 0 Å². The van der Waals surface area contributed by atoms with Crippen molar-refractivity contribution in [3.63, 3.8) is 0 Å². The molecule has 0 amide bonds. The zero-order valence-corrected chi connectivity index (χ0v) is 10.0. The lowest BCUT2D eigenvalue weighted by Crippen LogP contribution is -2.02. The van der Waals surface area contributed by atoms with E-state index in [4.69, 9.17) is 5.11 Å². The first-order chi connectivity index (χ1) is 9.22. The quantitative estimate of drug-likeness (QED) is 0.775. The van der Waals surface area contributed by atoms with Gasteiger partial charge in [0.05, 0.1) is 17.8 Å². The van der Waals surface area contributed by atoms with Crippen molar-refractivity contribution in [2.75, 3.05) is 0 Å². The predicted molar refractivity (Wildman–Crippen MR) is 69.8 cm³/mol. The SMILES string of the molecule is O=C(O)Cc1cc(-c2cn3ccccc3n2)ccn1. The maximum atomic E-state index is 10.7. The van der Waals surface area contributed by atoms with Crippen molar-refractivity contribution < 1.29 is 9.90 Å². The minimum atomic E-state index is -0.889. The highest BCUT2D eigenvalue weighted by atomic mass is 16.4. The van der Waals surface area contributed by atoms with E-state index in [0.29, 0.717) is 5.69 Å². The Hall–Kier alpha value is -2.69. The Labute approximate surface area is 109 Å². The zero-order chi connectivity index (χ0) is 13.2. The Balaban J connectivity index is 2.03. The lowest BCUT2D eigenvalue weighted by molar-refractivity contribution is -0.136. The van der Waals surface area contributed by atoms with E-state index >= 15 is 0 Å². The van der Waals surface area contributed by atoms with Crippen LogP contribution in [0.1, 0.15) is 5.69 Å². The second-order valence-electron chi connectivity index (χ2n) is 4.20. The average Bonchev–Trinajstić information content (AvgIpc) is 2.82. The first-order valence-corrected chi connectivity index (χ1v) is 5.83. The van der Waals surface area contributed by atoms with E-state index in [1.165, 1.54) is 0 Å². The van der Waals surface area contributed by atoms with Gasteiger partial charge in [-0.05, 0) is 24.3 Å². The van der Waals surface area contributed by atoms with Crippen LogP contribution in [0.15, 0.2) is 48.9 Å². The molecule has 1 N–H and O–H groups in total. The van der Waals surface area contributed by atoms with Gasteiger partial charge < -0.3 is 9.51 Å². The van der Waals surface area contributed by atoms with Crippen LogP contribution < -0.4 is 0 Å². The van der Waals surface area contributed by atoms with Gasteiger partial charge in [0.1, 0.15) is 5.65 Å². The van der Waals surface area contributed by atoms with Crippen LogP contribution in [-0.4, -0.2) is 25.4 Å². The molecule has 0 aliphatic carbocycles. The van der Waals surface area contributed by atoms with Crippen molar-refractivity contribution in [3.8, 4) is 11.3 Å². The Morgan fingerprint density at radius 3 is 3.00 bits per heavy atom. The topological polar surface area (TPSA) is 67.5 Å². The fraction of sp³-hybridized carbons (Fsp3) is 0.0714. The number of hydrogen-bond acceptors (Lipinski definition) is 3. The van der Waals surface area contributed by atoms with Crippen LogP contribution in [0.5, 0.6) is 0 Å². The summed E-state index contributed by atoms with van der Waals surface area (Å²) >= 11 is 0. The molecular formula is C14H11N3O2. The Bertz CT molecular complexity index is 716. The molecule has 0 unspecified atom stereocenters. The molecule has 3 rings (SSSR count). The van der Waals surface area contributed by atoms with Crippen LogP contribution in [0, 0.1) is 0 Å². The minimum Gasteiger partial charge on any atom is -0.481 e. The van der Waals surface area contributed by atoms with Crippen LogP contribution >= 0.6 is 0 Å². The highest BCUT2D eigenvalue weighted by molar-refractivity contribution is 5.71. The van der Waals surface area contributed by atoms with Gasteiger partial charge >= 0.3 is 5.97 Å². The largest absolute Gasteiger partial charge is 0.481 e. The summed E-state index contributed by atoms with van der Waals surface area (Å²) < 4.78 is 1.92. The predicted octanol–water partition coefficient (Wildman–Crippen LogP) is 2.02. The maximum Gasteiger partial charge on any atom is 0.309 e. The lowest BCUT2D eigenvalue weighted by atomic mass is 10.1. The van der Waals surface area contributed by atoms with Crippen LogP contribution in [0.2, 0.25) is 0 Å². The van der Waals surface area contributed by atoms with Crippen LogP contribution in [-0.2, 0) is 11.2 Å². The van der Waals surface area contributed by atoms with Crippen LogP contribution in [0.4, 0.5) is 0 Å². The highest BCUT2D eigenvalue weighted by Gasteiger charge is 2.07. The second kappa shape index (κ2) is 4.53. The second-order valence-corrected chi connectivity index (χ2v) is 4.20. The van der Waals surface area contributed by atoms with E-state index in [1.54, 1.807) is 12.3 Å². The number of imidazole rings is 1. The van der Waals surface area contributed by atoms with Gasteiger partial charge in [0.25, 0.3) is 0 Å². The molecule has 0 aromatic carbocycles. The van der Waals surface area contributed by atoms with E-state index in [1.807, 2.05) is 41.1 Å². The molecule has 0 saturated heterocycles.